The number of aliphatic hydroxyl groups excluding tert-OH is 2. The smallest absolute Gasteiger partial charge is 0.303 e. The van der Waals surface area contributed by atoms with Crippen LogP contribution in [0.15, 0.2) is 30.4 Å². The van der Waals surface area contributed by atoms with Crippen LogP contribution in [-0.4, -0.2) is 44.4 Å². The molecule has 1 aromatic carbocycles. The highest BCUT2D eigenvalue weighted by Crippen LogP contribution is 2.34. The minimum atomic E-state index is -0.787. The van der Waals surface area contributed by atoms with E-state index in [9.17, 15) is 24.9 Å². The summed E-state index contributed by atoms with van der Waals surface area (Å²) < 4.78 is 0. The Kier molecular flexibility index (Phi) is 8.86. The lowest BCUT2D eigenvalue weighted by atomic mass is 9.88. The normalized spacial score (nSPS) is 23.0. The van der Waals surface area contributed by atoms with Crippen LogP contribution in [0.25, 0.3) is 0 Å². The van der Waals surface area contributed by atoms with Crippen molar-refractivity contribution in [2.24, 2.45) is 11.8 Å². The van der Waals surface area contributed by atoms with Crippen molar-refractivity contribution in [2.45, 2.75) is 70.5 Å². The lowest BCUT2D eigenvalue weighted by molar-refractivity contribution is -0.137. The Morgan fingerprint density at radius 3 is 2.66 bits per heavy atom. The number of phenolic OH excluding ortho intramolecular Hbond substituents is 1. The first-order chi connectivity index (χ1) is 13.8. The summed E-state index contributed by atoms with van der Waals surface area (Å²) in [5, 5.41) is 38.8. The van der Waals surface area contributed by atoms with Gasteiger partial charge in [0.2, 0.25) is 0 Å². The number of Topliss-reactive ketones (excluding diaryl/α,β-unsaturated/α-hetero) is 1. The minimum Gasteiger partial charge on any atom is -0.508 e. The van der Waals surface area contributed by atoms with Gasteiger partial charge in [-0.3, -0.25) is 9.59 Å². The Labute approximate surface area is 171 Å². The van der Waals surface area contributed by atoms with E-state index >= 15 is 0 Å². The van der Waals surface area contributed by atoms with Crippen LogP contribution in [0, 0.1) is 18.8 Å². The number of carboxylic acids is 1. The molecule has 4 N–H and O–H groups in total. The van der Waals surface area contributed by atoms with Crippen LogP contribution in [0.4, 0.5) is 0 Å². The molecule has 1 aromatic rings. The molecule has 1 aliphatic carbocycles. The molecule has 0 unspecified atom stereocenters. The first-order valence-corrected chi connectivity index (χ1v) is 10.4. The van der Waals surface area contributed by atoms with Crippen molar-refractivity contribution in [2.75, 3.05) is 0 Å². The Hall–Kier alpha value is -2.18. The molecule has 6 heteroatoms. The summed E-state index contributed by atoms with van der Waals surface area (Å²) >= 11 is 0. The summed E-state index contributed by atoms with van der Waals surface area (Å²) in [6, 6.07) is 5.20. The quantitative estimate of drug-likeness (QED) is 0.333. The third-order valence-electron chi connectivity index (χ3n) is 5.65. The Morgan fingerprint density at radius 1 is 1.24 bits per heavy atom. The number of benzene rings is 1. The average molecular weight is 405 g/mol. The van der Waals surface area contributed by atoms with E-state index in [1.54, 1.807) is 31.2 Å². The molecule has 29 heavy (non-hydrogen) atoms. The number of aliphatic hydroxyl groups is 2. The molecule has 0 spiro atoms. The van der Waals surface area contributed by atoms with Gasteiger partial charge in [-0.2, -0.15) is 0 Å². The molecule has 0 radical (unpaired) electrons. The molecule has 1 aliphatic rings. The highest BCUT2D eigenvalue weighted by Gasteiger charge is 2.39. The van der Waals surface area contributed by atoms with Gasteiger partial charge in [0.25, 0.3) is 0 Å². The third-order valence-corrected chi connectivity index (χ3v) is 5.65. The van der Waals surface area contributed by atoms with Gasteiger partial charge in [0.15, 0.2) is 0 Å². The zero-order valence-corrected chi connectivity index (χ0v) is 17.0. The number of aromatic hydroxyl groups is 1. The van der Waals surface area contributed by atoms with Gasteiger partial charge < -0.3 is 20.4 Å². The molecule has 160 valence electrons. The summed E-state index contributed by atoms with van der Waals surface area (Å²) in [7, 11) is 0. The molecule has 2 rings (SSSR count). The van der Waals surface area contributed by atoms with Gasteiger partial charge in [-0.15, -0.1) is 0 Å². The molecule has 6 nitrogen and oxygen atoms in total. The van der Waals surface area contributed by atoms with Crippen LogP contribution < -0.4 is 0 Å². The van der Waals surface area contributed by atoms with Crippen molar-refractivity contribution in [3.8, 4) is 5.75 Å². The number of aliphatic carboxylic acids is 1. The Morgan fingerprint density at radius 2 is 1.97 bits per heavy atom. The van der Waals surface area contributed by atoms with Crippen molar-refractivity contribution in [1.29, 1.82) is 0 Å². The van der Waals surface area contributed by atoms with Crippen molar-refractivity contribution >= 4 is 11.8 Å². The highest BCUT2D eigenvalue weighted by molar-refractivity contribution is 5.84. The van der Waals surface area contributed by atoms with E-state index in [0.29, 0.717) is 19.3 Å². The van der Waals surface area contributed by atoms with Crippen LogP contribution in [0.3, 0.4) is 0 Å². The van der Waals surface area contributed by atoms with Gasteiger partial charge in [-0.05, 0) is 37.0 Å². The zero-order chi connectivity index (χ0) is 21.4. The second-order valence-corrected chi connectivity index (χ2v) is 8.05. The second-order valence-electron chi connectivity index (χ2n) is 8.05. The fraction of sp³-hybridized carbons (Fsp3) is 0.565. The van der Waals surface area contributed by atoms with Crippen LogP contribution >= 0.6 is 0 Å². The molecule has 0 aromatic heterocycles. The monoisotopic (exact) mass is 404 g/mol. The Balaban J connectivity index is 1.85. The van der Waals surface area contributed by atoms with Crippen LogP contribution in [-0.2, 0) is 16.0 Å². The van der Waals surface area contributed by atoms with E-state index in [0.717, 1.165) is 30.4 Å². The summed E-state index contributed by atoms with van der Waals surface area (Å²) in [6.45, 7) is 1.80. The van der Waals surface area contributed by atoms with Crippen LogP contribution in [0.5, 0.6) is 5.75 Å². The van der Waals surface area contributed by atoms with Gasteiger partial charge in [-0.25, -0.2) is 0 Å². The first-order valence-electron chi connectivity index (χ1n) is 10.4. The van der Waals surface area contributed by atoms with Gasteiger partial charge in [-0.1, -0.05) is 43.5 Å². The number of carboxylic acid groups (broad SMARTS) is 1. The summed E-state index contributed by atoms with van der Waals surface area (Å²) in [4.78, 5) is 22.8. The molecule has 0 heterocycles. The average Bonchev–Trinajstić information content (AvgIpc) is 2.92. The summed E-state index contributed by atoms with van der Waals surface area (Å²) in [5.74, 6) is -1.05. The first kappa shape index (κ1) is 23.1. The maximum atomic E-state index is 12.3. The predicted octanol–water partition coefficient (Wildman–Crippen LogP) is 3.15. The van der Waals surface area contributed by atoms with Gasteiger partial charge in [0, 0.05) is 31.1 Å². The molecule has 0 amide bonds. The van der Waals surface area contributed by atoms with E-state index < -0.39 is 18.2 Å². The zero-order valence-electron chi connectivity index (χ0n) is 17.0. The lowest BCUT2D eigenvalue weighted by Crippen LogP contribution is -2.19. The number of unbranched alkanes of at least 4 members (excludes halogenated alkanes) is 3. The van der Waals surface area contributed by atoms with Gasteiger partial charge >= 0.3 is 5.97 Å². The van der Waals surface area contributed by atoms with E-state index in [-0.39, 0.29) is 36.2 Å². The van der Waals surface area contributed by atoms with Crippen molar-refractivity contribution in [3.63, 3.8) is 0 Å². The molecular formula is C23H32O6. The van der Waals surface area contributed by atoms with E-state index in [2.05, 4.69) is 0 Å². The van der Waals surface area contributed by atoms with Crippen LogP contribution in [0.1, 0.15) is 56.1 Å². The lowest BCUT2D eigenvalue weighted by Gasteiger charge is -2.18. The maximum Gasteiger partial charge on any atom is 0.303 e. The predicted molar refractivity (Wildman–Crippen MR) is 110 cm³/mol. The van der Waals surface area contributed by atoms with Crippen molar-refractivity contribution < 1.29 is 30.0 Å². The number of rotatable bonds is 11. The fourth-order valence-electron chi connectivity index (χ4n) is 4.00. The van der Waals surface area contributed by atoms with Gasteiger partial charge in [0.05, 0.1) is 12.2 Å². The molecule has 0 saturated heterocycles. The number of carbonyl (C=O) groups excluding carboxylic acids is 1. The topological polar surface area (TPSA) is 115 Å². The largest absolute Gasteiger partial charge is 0.508 e. The number of aryl methyl sites for hydroxylation is 1. The third kappa shape index (κ3) is 7.29. The second kappa shape index (κ2) is 11.1. The molecule has 1 saturated carbocycles. The standard InChI is InChI=1S/C23H32O6/c1-15-12-16(8-11-20(15)25)13-17(24)9-10-19-18(21(26)14-22(19)27)6-4-2-3-5-7-23(28)29/h8-12,17-19,22,24-25,27H,2-7,13-14H2,1H3,(H,28,29)/t17-,18+,19+,22+/m0/s1. The fourth-order valence-corrected chi connectivity index (χ4v) is 4.00. The SMILES string of the molecule is Cc1cc(C[C@@H](O)C=C[C@H]2[C@H](O)CC(=O)[C@@H]2CCCCCCC(=O)O)ccc1O. The summed E-state index contributed by atoms with van der Waals surface area (Å²) in [5.41, 5.74) is 1.65. The van der Waals surface area contributed by atoms with Crippen molar-refractivity contribution in [1.82, 2.24) is 0 Å². The highest BCUT2D eigenvalue weighted by atomic mass is 16.4. The van der Waals surface area contributed by atoms with Gasteiger partial charge in [0.1, 0.15) is 11.5 Å². The number of carbonyl (C=O) groups is 2. The molecule has 0 aliphatic heterocycles. The number of hydrogen-bond acceptors (Lipinski definition) is 5. The summed E-state index contributed by atoms with van der Waals surface area (Å²) in [6.07, 6.45) is 6.48. The molecule has 0 bridgehead atoms. The van der Waals surface area contributed by atoms with E-state index in [4.69, 9.17) is 5.11 Å². The maximum absolute atomic E-state index is 12.3. The van der Waals surface area contributed by atoms with E-state index in [1.807, 2.05) is 6.07 Å². The number of ketones is 1. The molecular weight excluding hydrogens is 372 g/mol. The molecule has 4 atom stereocenters. The van der Waals surface area contributed by atoms with E-state index in [1.165, 1.54) is 0 Å². The number of phenols is 1. The molecule has 1 fully saturated rings. The number of hydrogen-bond donors (Lipinski definition) is 4. The van der Waals surface area contributed by atoms with Crippen molar-refractivity contribution in [3.05, 3.63) is 41.5 Å². The minimum absolute atomic E-state index is 0.0568. The Bertz CT molecular complexity index is 726. The van der Waals surface area contributed by atoms with Crippen LogP contribution in [0.2, 0.25) is 0 Å².